The van der Waals surface area contributed by atoms with Crippen molar-refractivity contribution in [1.82, 2.24) is 0 Å². The van der Waals surface area contributed by atoms with Gasteiger partial charge in [-0.1, -0.05) is 23.2 Å². The smallest absolute Gasteiger partial charge is 0.375 e. The third-order valence-corrected chi connectivity index (χ3v) is 4.32. The predicted octanol–water partition coefficient (Wildman–Crippen LogP) is 3.49. The summed E-state index contributed by atoms with van der Waals surface area (Å²) in [4.78, 5) is 58.9. The maximum Gasteiger partial charge on any atom is 0.375 e. The van der Waals surface area contributed by atoms with Gasteiger partial charge in [-0.25, -0.2) is 4.79 Å². The number of ketones is 3. The van der Waals surface area contributed by atoms with Crippen LogP contribution < -0.4 is 0 Å². The summed E-state index contributed by atoms with van der Waals surface area (Å²) in [5.41, 5.74) is 0.589. The number of ether oxygens (including phenoxy) is 2. The summed E-state index contributed by atoms with van der Waals surface area (Å²) >= 11 is 11.4. The van der Waals surface area contributed by atoms with Gasteiger partial charge >= 0.3 is 11.9 Å². The topological polar surface area (TPSA) is 104 Å². The predicted molar refractivity (Wildman–Crippen MR) is 108 cm³/mol. The summed E-state index contributed by atoms with van der Waals surface area (Å²) in [6.07, 6.45) is -0.880. The molecule has 156 valence electrons. The Morgan fingerprint density at radius 3 is 1.53 bits per heavy atom. The van der Waals surface area contributed by atoms with Crippen LogP contribution in [0.2, 0.25) is 10.0 Å². The minimum atomic E-state index is -1.23. The van der Waals surface area contributed by atoms with E-state index >= 15 is 0 Å². The zero-order valence-corrected chi connectivity index (χ0v) is 17.1. The van der Waals surface area contributed by atoms with Crippen molar-refractivity contribution < 1.29 is 33.4 Å². The summed E-state index contributed by atoms with van der Waals surface area (Å²) in [6.45, 7) is -1.12. The van der Waals surface area contributed by atoms with Gasteiger partial charge in [-0.05, 0) is 48.5 Å². The second-order valence-electron chi connectivity index (χ2n) is 6.02. The first kappa shape index (κ1) is 23.3. The molecule has 2 rings (SSSR count). The third-order valence-electron chi connectivity index (χ3n) is 3.81. The van der Waals surface area contributed by atoms with Crippen molar-refractivity contribution in [3.05, 3.63) is 69.7 Å². The van der Waals surface area contributed by atoms with Gasteiger partial charge in [0, 0.05) is 27.6 Å². The van der Waals surface area contributed by atoms with Crippen LogP contribution in [0.25, 0.3) is 0 Å². The van der Waals surface area contributed by atoms with Crippen molar-refractivity contribution in [2.24, 2.45) is 0 Å². The Hall–Kier alpha value is -3.03. The average Bonchev–Trinajstić information content (AvgIpc) is 2.74. The molecular formula is C21H16Cl2O7. The fraction of sp³-hybridized carbons (Fsp3) is 0.190. The van der Waals surface area contributed by atoms with Crippen LogP contribution in [-0.4, -0.2) is 42.5 Å². The molecule has 0 aliphatic rings. The zero-order chi connectivity index (χ0) is 22.1. The number of halogens is 2. The molecule has 0 saturated carbocycles. The lowest BCUT2D eigenvalue weighted by atomic mass is 10.1. The minimum Gasteiger partial charge on any atom is -0.457 e. The molecule has 0 spiro atoms. The number of hydrogen-bond donors (Lipinski definition) is 0. The first-order valence-electron chi connectivity index (χ1n) is 8.69. The lowest BCUT2D eigenvalue weighted by Crippen LogP contribution is -2.22. The highest BCUT2D eigenvalue weighted by atomic mass is 35.5. The molecule has 0 N–H and O–H groups in total. The maximum atomic E-state index is 11.9. The van der Waals surface area contributed by atoms with Gasteiger partial charge in [0.1, 0.15) is 0 Å². The first-order chi connectivity index (χ1) is 14.3. The summed E-state index contributed by atoms with van der Waals surface area (Å²) in [5.74, 6) is -3.99. The van der Waals surface area contributed by atoms with Crippen LogP contribution in [0.15, 0.2) is 48.5 Å². The lowest BCUT2D eigenvalue weighted by molar-refractivity contribution is -0.154. The summed E-state index contributed by atoms with van der Waals surface area (Å²) < 4.78 is 9.45. The van der Waals surface area contributed by atoms with E-state index in [2.05, 4.69) is 4.74 Å². The van der Waals surface area contributed by atoms with E-state index in [1.54, 1.807) is 0 Å². The Labute approximate surface area is 181 Å². The molecule has 9 heteroatoms. The van der Waals surface area contributed by atoms with E-state index in [0.717, 1.165) is 0 Å². The number of esters is 2. The molecule has 0 amide bonds. The molecular weight excluding hydrogens is 435 g/mol. The van der Waals surface area contributed by atoms with E-state index in [0.29, 0.717) is 15.6 Å². The van der Waals surface area contributed by atoms with Crippen molar-refractivity contribution in [3.63, 3.8) is 0 Å². The van der Waals surface area contributed by atoms with Crippen molar-refractivity contribution >= 4 is 52.5 Å². The molecule has 0 aliphatic heterocycles. The molecule has 0 bridgehead atoms. The Morgan fingerprint density at radius 1 is 0.633 bits per heavy atom. The van der Waals surface area contributed by atoms with Gasteiger partial charge in [0.25, 0.3) is 0 Å². The molecule has 2 aromatic carbocycles. The highest BCUT2D eigenvalue weighted by Gasteiger charge is 2.19. The number of benzene rings is 2. The normalized spacial score (nSPS) is 10.2. The molecule has 0 unspecified atom stereocenters. The van der Waals surface area contributed by atoms with Gasteiger partial charge in [-0.2, -0.15) is 0 Å². The van der Waals surface area contributed by atoms with E-state index < -0.39 is 55.3 Å². The van der Waals surface area contributed by atoms with Crippen molar-refractivity contribution in [2.45, 2.75) is 12.8 Å². The highest BCUT2D eigenvalue weighted by Crippen LogP contribution is 2.11. The van der Waals surface area contributed by atoms with Gasteiger partial charge in [0.2, 0.25) is 5.78 Å². The van der Waals surface area contributed by atoms with E-state index in [9.17, 15) is 24.0 Å². The summed E-state index contributed by atoms with van der Waals surface area (Å²) in [5, 5.41) is 0.907. The van der Waals surface area contributed by atoms with E-state index in [1.807, 2.05) is 0 Å². The molecule has 0 atom stereocenters. The van der Waals surface area contributed by atoms with Crippen LogP contribution in [-0.2, 0) is 23.9 Å². The van der Waals surface area contributed by atoms with Gasteiger partial charge in [-0.3, -0.25) is 19.2 Å². The standard InChI is InChI=1S/C21H16Cl2O7/c22-15-5-1-13(2-6-15)18(25)11-29-20(27)10-9-17(24)21(28)30-12-19(26)14-3-7-16(23)8-4-14/h1-8H,9-12H2. The van der Waals surface area contributed by atoms with Crippen molar-refractivity contribution in [3.8, 4) is 0 Å². The fourth-order valence-corrected chi connectivity index (χ4v) is 2.44. The maximum absolute atomic E-state index is 11.9. The summed E-state index contributed by atoms with van der Waals surface area (Å²) in [6, 6.07) is 12.0. The number of rotatable bonds is 10. The average molecular weight is 451 g/mol. The molecule has 0 heterocycles. The molecule has 0 aliphatic carbocycles. The van der Waals surface area contributed by atoms with Gasteiger partial charge in [0.05, 0.1) is 6.42 Å². The van der Waals surface area contributed by atoms with E-state index in [-0.39, 0.29) is 5.56 Å². The van der Waals surface area contributed by atoms with Gasteiger partial charge in [0.15, 0.2) is 24.8 Å². The van der Waals surface area contributed by atoms with Crippen LogP contribution in [0.5, 0.6) is 0 Å². The van der Waals surface area contributed by atoms with Crippen LogP contribution in [0.4, 0.5) is 0 Å². The molecule has 7 nitrogen and oxygen atoms in total. The van der Waals surface area contributed by atoms with Crippen LogP contribution >= 0.6 is 23.2 Å². The second-order valence-corrected chi connectivity index (χ2v) is 6.89. The molecule has 0 radical (unpaired) electrons. The molecule has 0 fully saturated rings. The fourth-order valence-electron chi connectivity index (χ4n) is 2.19. The largest absolute Gasteiger partial charge is 0.457 e. The van der Waals surface area contributed by atoms with Crippen LogP contribution in [0, 0.1) is 0 Å². The van der Waals surface area contributed by atoms with Gasteiger partial charge < -0.3 is 9.47 Å². The third kappa shape index (κ3) is 7.42. The lowest BCUT2D eigenvalue weighted by Gasteiger charge is -2.05. The Bertz CT molecular complexity index is 950. The van der Waals surface area contributed by atoms with E-state index in [4.69, 9.17) is 27.9 Å². The first-order valence-corrected chi connectivity index (χ1v) is 9.45. The number of hydrogen-bond acceptors (Lipinski definition) is 7. The number of carbonyl (C=O) groups excluding carboxylic acids is 5. The molecule has 0 saturated heterocycles. The SMILES string of the molecule is O=C(CCC(=O)C(=O)OCC(=O)c1ccc(Cl)cc1)OCC(=O)c1ccc(Cl)cc1. The Balaban J connectivity index is 1.69. The zero-order valence-electron chi connectivity index (χ0n) is 15.6. The quantitative estimate of drug-likeness (QED) is 0.309. The van der Waals surface area contributed by atoms with Crippen LogP contribution in [0.3, 0.4) is 0 Å². The Morgan fingerprint density at radius 2 is 1.07 bits per heavy atom. The minimum absolute atomic E-state index is 0.272. The molecule has 30 heavy (non-hydrogen) atoms. The van der Waals surface area contributed by atoms with Crippen molar-refractivity contribution in [2.75, 3.05) is 13.2 Å². The molecule has 2 aromatic rings. The Kier molecular flexibility index (Phi) is 8.70. The second kappa shape index (κ2) is 11.2. The number of Topliss-reactive ketones (excluding diaryl/α,β-unsaturated/α-hetero) is 3. The highest BCUT2D eigenvalue weighted by molar-refractivity contribution is 6.34. The van der Waals surface area contributed by atoms with Crippen LogP contribution in [0.1, 0.15) is 33.6 Å². The van der Waals surface area contributed by atoms with Gasteiger partial charge in [-0.15, -0.1) is 0 Å². The summed E-state index contributed by atoms with van der Waals surface area (Å²) in [7, 11) is 0. The monoisotopic (exact) mass is 450 g/mol. The van der Waals surface area contributed by atoms with Crippen molar-refractivity contribution in [1.29, 1.82) is 0 Å². The van der Waals surface area contributed by atoms with E-state index in [1.165, 1.54) is 48.5 Å². The number of carbonyl (C=O) groups is 5. The molecule has 0 aromatic heterocycles.